The largest absolute Gasteiger partial charge is 0.338 e. The van der Waals surface area contributed by atoms with Crippen molar-refractivity contribution >= 4 is 11.8 Å². The Labute approximate surface area is 129 Å². The molecule has 2 aromatic rings. The Kier molecular flexibility index (Phi) is 4.71. The highest BCUT2D eigenvalue weighted by Crippen LogP contribution is 2.39. The first-order valence-corrected chi connectivity index (χ1v) is 7.96. The molecule has 0 aliphatic rings. The molecule has 1 aromatic heterocycles. The van der Waals surface area contributed by atoms with Crippen molar-refractivity contribution < 1.29 is 8.91 Å². The lowest BCUT2D eigenvalue weighted by Gasteiger charge is -2.15. The standard InChI is InChI=1S/C16H21FN2OS/c1-10(12-6-8-13(17)9-7-12)21-11(2)14-18-15(19-20-14)16(3,4)5/h6-11H,1-5H3. The molecule has 2 atom stereocenters. The van der Waals surface area contributed by atoms with Gasteiger partial charge in [0.15, 0.2) is 5.82 Å². The van der Waals surface area contributed by atoms with Crippen molar-refractivity contribution in [2.45, 2.75) is 50.5 Å². The Bertz CT molecular complexity index is 589. The average molecular weight is 308 g/mol. The second kappa shape index (κ2) is 6.18. The molecule has 0 spiro atoms. The van der Waals surface area contributed by atoms with Gasteiger partial charge in [0.2, 0.25) is 5.89 Å². The number of aromatic nitrogens is 2. The van der Waals surface area contributed by atoms with Gasteiger partial charge in [0.05, 0.1) is 5.25 Å². The van der Waals surface area contributed by atoms with Crippen LogP contribution in [0.2, 0.25) is 0 Å². The first kappa shape index (κ1) is 16.0. The van der Waals surface area contributed by atoms with Crippen LogP contribution >= 0.6 is 11.8 Å². The Morgan fingerprint density at radius 2 is 1.71 bits per heavy atom. The summed E-state index contributed by atoms with van der Waals surface area (Å²) in [6, 6.07) is 6.60. The van der Waals surface area contributed by atoms with Crippen LogP contribution in [0, 0.1) is 5.82 Å². The summed E-state index contributed by atoms with van der Waals surface area (Å²) in [5, 5.41) is 4.37. The molecule has 0 fully saturated rings. The number of thioether (sulfide) groups is 1. The maximum atomic E-state index is 13.0. The summed E-state index contributed by atoms with van der Waals surface area (Å²) < 4.78 is 18.3. The van der Waals surface area contributed by atoms with Gasteiger partial charge in [0, 0.05) is 10.7 Å². The van der Waals surface area contributed by atoms with Crippen molar-refractivity contribution in [3.8, 4) is 0 Å². The average Bonchev–Trinajstić information content (AvgIpc) is 2.88. The second-order valence-corrected chi connectivity index (χ2v) is 7.86. The molecular weight excluding hydrogens is 287 g/mol. The highest BCUT2D eigenvalue weighted by molar-refractivity contribution is 7.99. The quantitative estimate of drug-likeness (QED) is 0.791. The van der Waals surface area contributed by atoms with Gasteiger partial charge in [-0.2, -0.15) is 4.98 Å². The van der Waals surface area contributed by atoms with Crippen molar-refractivity contribution in [1.82, 2.24) is 10.1 Å². The summed E-state index contributed by atoms with van der Waals surface area (Å²) in [6.45, 7) is 10.3. The Morgan fingerprint density at radius 3 is 2.24 bits per heavy atom. The Hall–Kier alpha value is -1.36. The highest BCUT2D eigenvalue weighted by atomic mass is 32.2. The molecule has 114 valence electrons. The SMILES string of the molecule is CC(SC(C)c1nc(C(C)(C)C)no1)c1ccc(F)cc1. The van der Waals surface area contributed by atoms with Gasteiger partial charge in [-0.3, -0.25) is 0 Å². The topological polar surface area (TPSA) is 38.9 Å². The van der Waals surface area contributed by atoms with Gasteiger partial charge in [-0.25, -0.2) is 4.39 Å². The smallest absolute Gasteiger partial charge is 0.239 e. The van der Waals surface area contributed by atoms with E-state index in [0.29, 0.717) is 5.89 Å². The maximum absolute atomic E-state index is 13.0. The van der Waals surface area contributed by atoms with Crippen LogP contribution in [0.15, 0.2) is 28.8 Å². The van der Waals surface area contributed by atoms with Crippen LogP contribution in [0.1, 0.15) is 62.4 Å². The number of nitrogens with zero attached hydrogens (tertiary/aromatic N) is 2. The fourth-order valence-corrected chi connectivity index (χ4v) is 3.02. The molecule has 3 nitrogen and oxygen atoms in total. The van der Waals surface area contributed by atoms with Crippen molar-refractivity contribution in [1.29, 1.82) is 0 Å². The van der Waals surface area contributed by atoms with Crippen molar-refractivity contribution in [3.05, 3.63) is 47.4 Å². The van der Waals surface area contributed by atoms with Crippen LogP contribution in [-0.2, 0) is 5.41 Å². The number of rotatable bonds is 4. The van der Waals surface area contributed by atoms with Gasteiger partial charge in [0.1, 0.15) is 5.82 Å². The molecule has 0 aliphatic carbocycles. The molecular formula is C16H21FN2OS. The van der Waals surface area contributed by atoms with E-state index in [1.165, 1.54) is 12.1 Å². The van der Waals surface area contributed by atoms with E-state index < -0.39 is 0 Å². The van der Waals surface area contributed by atoms with Gasteiger partial charge in [-0.15, -0.1) is 11.8 Å². The van der Waals surface area contributed by atoms with Crippen LogP contribution in [0.5, 0.6) is 0 Å². The molecule has 0 aliphatic heterocycles. The summed E-state index contributed by atoms with van der Waals surface area (Å²) >= 11 is 1.72. The minimum absolute atomic E-state index is 0.0913. The van der Waals surface area contributed by atoms with Crippen LogP contribution in [0.25, 0.3) is 0 Å². The van der Waals surface area contributed by atoms with E-state index in [-0.39, 0.29) is 21.7 Å². The molecule has 2 rings (SSSR count). The molecule has 5 heteroatoms. The van der Waals surface area contributed by atoms with Crippen LogP contribution < -0.4 is 0 Å². The Balaban J connectivity index is 2.05. The predicted octanol–water partition coefficient (Wildman–Crippen LogP) is 5.06. The Morgan fingerprint density at radius 1 is 1.10 bits per heavy atom. The number of hydrogen-bond donors (Lipinski definition) is 0. The molecule has 0 saturated carbocycles. The lowest BCUT2D eigenvalue weighted by atomic mass is 9.96. The third-order valence-corrected chi connectivity index (χ3v) is 4.50. The number of hydrogen-bond acceptors (Lipinski definition) is 4. The minimum Gasteiger partial charge on any atom is -0.338 e. The van der Waals surface area contributed by atoms with Crippen molar-refractivity contribution in [2.75, 3.05) is 0 Å². The second-order valence-electron chi connectivity index (χ2n) is 6.18. The normalized spacial score (nSPS) is 15.0. The zero-order chi connectivity index (χ0) is 15.6. The van der Waals surface area contributed by atoms with E-state index in [1.807, 2.05) is 19.1 Å². The van der Waals surface area contributed by atoms with Gasteiger partial charge in [-0.1, -0.05) is 38.1 Å². The first-order valence-electron chi connectivity index (χ1n) is 7.02. The van der Waals surface area contributed by atoms with Gasteiger partial charge in [0.25, 0.3) is 0 Å². The molecule has 0 amide bonds. The summed E-state index contributed by atoms with van der Waals surface area (Å²) in [4.78, 5) is 4.48. The third kappa shape index (κ3) is 4.06. The van der Waals surface area contributed by atoms with E-state index in [9.17, 15) is 4.39 Å². The van der Waals surface area contributed by atoms with Gasteiger partial charge < -0.3 is 4.52 Å². The van der Waals surface area contributed by atoms with E-state index in [1.54, 1.807) is 11.8 Å². The molecule has 0 radical (unpaired) electrons. The minimum atomic E-state index is -0.212. The lowest BCUT2D eigenvalue weighted by Crippen LogP contribution is -2.13. The molecule has 0 bridgehead atoms. The summed E-state index contributed by atoms with van der Waals surface area (Å²) in [6.07, 6.45) is 0. The summed E-state index contributed by atoms with van der Waals surface area (Å²) in [7, 11) is 0. The fraction of sp³-hybridized carbons (Fsp3) is 0.500. The fourth-order valence-electron chi connectivity index (χ4n) is 1.88. The molecule has 21 heavy (non-hydrogen) atoms. The van der Waals surface area contributed by atoms with E-state index >= 15 is 0 Å². The van der Waals surface area contributed by atoms with Gasteiger partial charge >= 0.3 is 0 Å². The van der Waals surface area contributed by atoms with Crippen LogP contribution in [-0.4, -0.2) is 10.1 Å². The third-order valence-electron chi connectivity index (χ3n) is 3.21. The van der Waals surface area contributed by atoms with Crippen molar-refractivity contribution in [3.63, 3.8) is 0 Å². The summed E-state index contributed by atoms with van der Waals surface area (Å²) in [5.41, 5.74) is 0.971. The number of benzene rings is 1. The molecule has 1 aromatic carbocycles. The van der Waals surface area contributed by atoms with E-state index in [0.717, 1.165) is 11.4 Å². The zero-order valence-electron chi connectivity index (χ0n) is 13.1. The highest BCUT2D eigenvalue weighted by Gasteiger charge is 2.24. The molecule has 2 unspecified atom stereocenters. The predicted molar refractivity (Wildman–Crippen MR) is 83.8 cm³/mol. The van der Waals surface area contributed by atoms with Crippen molar-refractivity contribution in [2.24, 2.45) is 0 Å². The molecule has 1 heterocycles. The van der Waals surface area contributed by atoms with E-state index in [4.69, 9.17) is 4.52 Å². The van der Waals surface area contributed by atoms with Crippen LogP contribution in [0.3, 0.4) is 0 Å². The maximum Gasteiger partial charge on any atom is 0.239 e. The number of halogens is 1. The monoisotopic (exact) mass is 308 g/mol. The van der Waals surface area contributed by atoms with Gasteiger partial charge in [-0.05, 0) is 31.5 Å². The lowest BCUT2D eigenvalue weighted by molar-refractivity contribution is 0.364. The molecule has 0 N–H and O–H groups in total. The zero-order valence-corrected chi connectivity index (χ0v) is 13.9. The summed E-state index contributed by atoms with van der Waals surface area (Å²) in [5.74, 6) is 1.15. The van der Waals surface area contributed by atoms with E-state index in [2.05, 4.69) is 37.8 Å². The first-order chi connectivity index (χ1) is 9.77. The molecule has 0 saturated heterocycles. The van der Waals surface area contributed by atoms with Crippen LogP contribution in [0.4, 0.5) is 4.39 Å².